The summed E-state index contributed by atoms with van der Waals surface area (Å²) in [5.74, 6) is 1.04. The van der Waals surface area contributed by atoms with Crippen molar-refractivity contribution in [3.63, 3.8) is 0 Å². The maximum absolute atomic E-state index is 4.62. The Labute approximate surface area is 120 Å². The number of imidazole rings is 1. The third kappa shape index (κ3) is 3.21. The molecule has 2 aromatic heterocycles. The van der Waals surface area contributed by atoms with E-state index in [9.17, 15) is 0 Å². The van der Waals surface area contributed by atoms with E-state index in [0.29, 0.717) is 6.04 Å². The second-order valence-electron chi connectivity index (χ2n) is 5.65. The maximum Gasteiger partial charge on any atom is 0.203 e. The van der Waals surface area contributed by atoms with Gasteiger partial charge in [0.25, 0.3) is 0 Å². The summed E-state index contributed by atoms with van der Waals surface area (Å²) in [5.41, 5.74) is 1.09. The van der Waals surface area contributed by atoms with Crippen molar-refractivity contribution in [3.8, 4) is 0 Å². The standard InChI is InChI=1S/C15H23N5/c1-13-12-19(9-5-11-20-10-4-8-16-20)15(17-13)18-14-6-2-3-7-14/h4,8,10,12,14H,2-3,5-7,9,11H2,1H3,(H,17,18). The molecule has 0 spiro atoms. The Balaban J connectivity index is 1.57. The van der Waals surface area contributed by atoms with Crippen LogP contribution >= 0.6 is 0 Å². The molecule has 2 heterocycles. The van der Waals surface area contributed by atoms with E-state index in [2.05, 4.69) is 33.1 Å². The first kappa shape index (κ1) is 13.2. The van der Waals surface area contributed by atoms with Gasteiger partial charge in [0.05, 0.1) is 5.69 Å². The average molecular weight is 273 g/mol. The summed E-state index contributed by atoms with van der Waals surface area (Å²) in [7, 11) is 0. The van der Waals surface area contributed by atoms with Crippen LogP contribution in [0.1, 0.15) is 37.8 Å². The highest BCUT2D eigenvalue weighted by Gasteiger charge is 2.17. The van der Waals surface area contributed by atoms with Crippen molar-refractivity contribution >= 4 is 5.95 Å². The quantitative estimate of drug-likeness (QED) is 0.880. The zero-order valence-corrected chi connectivity index (χ0v) is 12.1. The van der Waals surface area contributed by atoms with Crippen molar-refractivity contribution in [2.75, 3.05) is 5.32 Å². The number of rotatable bonds is 6. The third-order valence-electron chi connectivity index (χ3n) is 3.93. The van der Waals surface area contributed by atoms with Crippen LogP contribution in [0, 0.1) is 6.92 Å². The minimum absolute atomic E-state index is 0.613. The largest absolute Gasteiger partial charge is 0.353 e. The molecule has 1 N–H and O–H groups in total. The molecule has 1 saturated carbocycles. The summed E-state index contributed by atoms with van der Waals surface area (Å²) in [4.78, 5) is 4.62. The number of anilines is 1. The summed E-state index contributed by atoms with van der Waals surface area (Å²) < 4.78 is 4.23. The lowest BCUT2D eigenvalue weighted by atomic mass is 10.2. The van der Waals surface area contributed by atoms with E-state index < -0.39 is 0 Å². The summed E-state index contributed by atoms with van der Waals surface area (Å²) in [6, 6.07) is 2.58. The molecule has 0 bridgehead atoms. The highest BCUT2D eigenvalue weighted by atomic mass is 15.3. The Morgan fingerprint density at radius 2 is 2.15 bits per heavy atom. The molecule has 1 fully saturated rings. The van der Waals surface area contributed by atoms with Crippen LogP contribution < -0.4 is 5.32 Å². The lowest BCUT2D eigenvalue weighted by molar-refractivity contribution is 0.527. The van der Waals surface area contributed by atoms with Crippen molar-refractivity contribution in [1.82, 2.24) is 19.3 Å². The van der Waals surface area contributed by atoms with Crippen LogP contribution in [0.3, 0.4) is 0 Å². The molecule has 2 aromatic rings. The first-order valence-corrected chi connectivity index (χ1v) is 7.59. The first-order valence-electron chi connectivity index (χ1n) is 7.59. The van der Waals surface area contributed by atoms with Crippen molar-refractivity contribution in [2.45, 2.75) is 58.2 Å². The molecule has 0 saturated heterocycles. The van der Waals surface area contributed by atoms with Gasteiger partial charge in [-0.15, -0.1) is 0 Å². The van der Waals surface area contributed by atoms with Crippen molar-refractivity contribution in [1.29, 1.82) is 0 Å². The Bertz CT molecular complexity index is 522. The van der Waals surface area contributed by atoms with Crippen LogP contribution in [0.15, 0.2) is 24.7 Å². The zero-order chi connectivity index (χ0) is 13.8. The van der Waals surface area contributed by atoms with Gasteiger partial charge >= 0.3 is 0 Å². The SMILES string of the molecule is Cc1cn(CCCn2cccn2)c(NC2CCCC2)n1. The molecule has 0 radical (unpaired) electrons. The minimum atomic E-state index is 0.613. The molecule has 1 aliphatic carbocycles. The highest BCUT2D eigenvalue weighted by Crippen LogP contribution is 2.22. The molecule has 108 valence electrons. The van der Waals surface area contributed by atoms with Crippen LogP contribution in [0.2, 0.25) is 0 Å². The molecule has 0 aliphatic heterocycles. The highest BCUT2D eigenvalue weighted by molar-refractivity contribution is 5.30. The van der Waals surface area contributed by atoms with E-state index in [1.807, 2.05) is 23.1 Å². The molecule has 3 rings (SSSR count). The van der Waals surface area contributed by atoms with Crippen LogP contribution in [0.25, 0.3) is 0 Å². The fourth-order valence-electron chi connectivity index (χ4n) is 2.92. The van der Waals surface area contributed by atoms with Gasteiger partial charge < -0.3 is 9.88 Å². The van der Waals surface area contributed by atoms with Crippen LogP contribution in [-0.4, -0.2) is 25.4 Å². The number of hydrogen-bond donors (Lipinski definition) is 1. The predicted octanol–water partition coefficient (Wildman–Crippen LogP) is 2.83. The third-order valence-corrected chi connectivity index (χ3v) is 3.93. The van der Waals surface area contributed by atoms with E-state index in [1.165, 1.54) is 25.7 Å². The monoisotopic (exact) mass is 273 g/mol. The van der Waals surface area contributed by atoms with Crippen LogP contribution in [0.5, 0.6) is 0 Å². The number of nitrogens with zero attached hydrogens (tertiary/aromatic N) is 4. The maximum atomic E-state index is 4.62. The minimum Gasteiger partial charge on any atom is -0.353 e. The number of aromatic nitrogens is 4. The van der Waals surface area contributed by atoms with E-state index in [1.54, 1.807) is 0 Å². The normalized spacial score (nSPS) is 15.8. The van der Waals surface area contributed by atoms with Crippen LogP contribution in [0.4, 0.5) is 5.95 Å². The average Bonchev–Trinajstić information content (AvgIpc) is 3.13. The molecule has 20 heavy (non-hydrogen) atoms. The van der Waals surface area contributed by atoms with Crippen molar-refractivity contribution < 1.29 is 0 Å². The van der Waals surface area contributed by atoms with Gasteiger partial charge in [-0.1, -0.05) is 12.8 Å². The topological polar surface area (TPSA) is 47.7 Å². The summed E-state index contributed by atoms with van der Waals surface area (Å²) in [5, 5.41) is 7.84. The lowest BCUT2D eigenvalue weighted by Gasteiger charge is -2.14. The predicted molar refractivity (Wildman–Crippen MR) is 79.7 cm³/mol. The lowest BCUT2D eigenvalue weighted by Crippen LogP contribution is -2.18. The smallest absolute Gasteiger partial charge is 0.203 e. The Kier molecular flexibility index (Phi) is 4.04. The Morgan fingerprint density at radius 3 is 2.90 bits per heavy atom. The van der Waals surface area contributed by atoms with Gasteiger partial charge in [0.2, 0.25) is 5.95 Å². The van der Waals surface area contributed by atoms with Gasteiger partial charge in [0, 0.05) is 37.7 Å². The second kappa shape index (κ2) is 6.11. The van der Waals surface area contributed by atoms with Gasteiger partial charge in [-0.2, -0.15) is 5.10 Å². The Morgan fingerprint density at radius 1 is 1.30 bits per heavy atom. The summed E-state index contributed by atoms with van der Waals surface area (Å²) in [6.07, 6.45) is 12.3. The molecule has 5 nitrogen and oxygen atoms in total. The van der Waals surface area contributed by atoms with Gasteiger partial charge in [0.15, 0.2) is 0 Å². The van der Waals surface area contributed by atoms with Crippen molar-refractivity contribution in [2.24, 2.45) is 0 Å². The van der Waals surface area contributed by atoms with Gasteiger partial charge in [-0.3, -0.25) is 4.68 Å². The molecular formula is C15H23N5. The molecule has 0 unspecified atom stereocenters. The Hall–Kier alpha value is -1.78. The molecule has 0 aromatic carbocycles. The number of aryl methyl sites for hydroxylation is 3. The van der Waals surface area contributed by atoms with E-state index in [-0.39, 0.29) is 0 Å². The van der Waals surface area contributed by atoms with E-state index >= 15 is 0 Å². The zero-order valence-electron chi connectivity index (χ0n) is 12.1. The van der Waals surface area contributed by atoms with E-state index in [4.69, 9.17) is 0 Å². The summed E-state index contributed by atoms with van der Waals surface area (Å²) >= 11 is 0. The van der Waals surface area contributed by atoms with Crippen LogP contribution in [-0.2, 0) is 13.1 Å². The summed E-state index contributed by atoms with van der Waals surface area (Å²) in [6.45, 7) is 3.99. The molecule has 0 atom stereocenters. The van der Waals surface area contributed by atoms with Gasteiger partial charge in [-0.25, -0.2) is 4.98 Å². The molecule has 0 amide bonds. The van der Waals surface area contributed by atoms with E-state index in [0.717, 1.165) is 31.2 Å². The van der Waals surface area contributed by atoms with Gasteiger partial charge in [0.1, 0.15) is 0 Å². The second-order valence-corrected chi connectivity index (χ2v) is 5.65. The fraction of sp³-hybridized carbons (Fsp3) is 0.600. The number of hydrogen-bond acceptors (Lipinski definition) is 3. The molecule has 5 heteroatoms. The van der Waals surface area contributed by atoms with Crippen molar-refractivity contribution in [3.05, 3.63) is 30.4 Å². The van der Waals surface area contributed by atoms with Gasteiger partial charge in [-0.05, 0) is 32.3 Å². The molecule has 1 aliphatic rings. The fourth-order valence-corrected chi connectivity index (χ4v) is 2.92. The molecular weight excluding hydrogens is 250 g/mol. The number of nitrogens with one attached hydrogen (secondary N) is 1. The first-order chi connectivity index (χ1) is 9.81.